The van der Waals surface area contributed by atoms with Crippen LogP contribution in [0.4, 0.5) is 4.39 Å². The standard InChI is InChI=1S/C18H19FO/c1-11-8-12(2)17(16(19)9-11)18(20)15-7-6-13-4-3-5-14(13)10-15/h6-10,18,20H,3-5H2,1-2H3. The molecule has 104 valence electrons. The second kappa shape index (κ2) is 5.02. The van der Waals surface area contributed by atoms with Gasteiger partial charge in [-0.15, -0.1) is 0 Å². The van der Waals surface area contributed by atoms with Gasteiger partial charge < -0.3 is 5.11 Å². The lowest BCUT2D eigenvalue weighted by atomic mass is 9.93. The number of aliphatic hydroxyl groups excluding tert-OH is 1. The molecule has 1 atom stereocenters. The van der Waals surface area contributed by atoms with Crippen molar-refractivity contribution in [2.75, 3.05) is 0 Å². The van der Waals surface area contributed by atoms with Gasteiger partial charge in [-0.3, -0.25) is 0 Å². The Labute approximate surface area is 119 Å². The lowest BCUT2D eigenvalue weighted by Gasteiger charge is -2.17. The number of benzene rings is 2. The average molecular weight is 270 g/mol. The van der Waals surface area contributed by atoms with Crippen LogP contribution in [0.25, 0.3) is 0 Å². The smallest absolute Gasteiger partial charge is 0.129 e. The minimum atomic E-state index is -0.888. The molecule has 0 aliphatic heterocycles. The summed E-state index contributed by atoms with van der Waals surface area (Å²) < 4.78 is 14.2. The monoisotopic (exact) mass is 270 g/mol. The first-order valence-electron chi connectivity index (χ1n) is 7.12. The highest BCUT2D eigenvalue weighted by Crippen LogP contribution is 2.31. The first-order valence-corrected chi connectivity index (χ1v) is 7.12. The molecule has 0 spiro atoms. The van der Waals surface area contributed by atoms with Crippen molar-refractivity contribution in [2.24, 2.45) is 0 Å². The minimum Gasteiger partial charge on any atom is -0.384 e. The SMILES string of the molecule is Cc1cc(C)c(C(O)c2ccc3c(c2)CCC3)c(F)c1. The van der Waals surface area contributed by atoms with Gasteiger partial charge in [-0.2, -0.15) is 0 Å². The Morgan fingerprint density at radius 2 is 1.80 bits per heavy atom. The largest absolute Gasteiger partial charge is 0.384 e. The number of rotatable bonds is 2. The quantitative estimate of drug-likeness (QED) is 0.874. The van der Waals surface area contributed by atoms with Gasteiger partial charge in [0, 0.05) is 5.56 Å². The van der Waals surface area contributed by atoms with Crippen molar-refractivity contribution >= 4 is 0 Å². The van der Waals surface area contributed by atoms with Crippen molar-refractivity contribution in [2.45, 2.75) is 39.2 Å². The van der Waals surface area contributed by atoms with Crippen LogP contribution >= 0.6 is 0 Å². The maximum atomic E-state index is 14.2. The third-order valence-corrected chi connectivity index (χ3v) is 4.19. The molecule has 0 bridgehead atoms. The summed E-state index contributed by atoms with van der Waals surface area (Å²) in [6.45, 7) is 3.71. The van der Waals surface area contributed by atoms with Gasteiger partial charge >= 0.3 is 0 Å². The highest BCUT2D eigenvalue weighted by Gasteiger charge is 2.20. The maximum Gasteiger partial charge on any atom is 0.129 e. The predicted octanol–water partition coefficient (Wildman–Crippen LogP) is 4.01. The van der Waals surface area contributed by atoms with Gasteiger partial charge in [0.2, 0.25) is 0 Å². The summed E-state index contributed by atoms with van der Waals surface area (Å²) in [7, 11) is 0. The van der Waals surface area contributed by atoms with Crippen molar-refractivity contribution in [3.63, 3.8) is 0 Å². The number of aliphatic hydroxyl groups is 1. The topological polar surface area (TPSA) is 20.2 Å². The van der Waals surface area contributed by atoms with E-state index in [9.17, 15) is 9.50 Å². The van der Waals surface area contributed by atoms with Gasteiger partial charge in [0.05, 0.1) is 0 Å². The predicted molar refractivity (Wildman–Crippen MR) is 78.4 cm³/mol. The molecule has 1 N–H and O–H groups in total. The lowest BCUT2D eigenvalue weighted by molar-refractivity contribution is 0.214. The molecule has 2 aromatic rings. The summed E-state index contributed by atoms with van der Waals surface area (Å²) in [5, 5.41) is 10.5. The molecule has 0 aromatic heterocycles. The number of hydrogen-bond donors (Lipinski definition) is 1. The molecular formula is C18H19FO. The first kappa shape index (κ1) is 13.3. The number of fused-ring (bicyclic) bond motifs is 1. The van der Waals surface area contributed by atoms with Crippen LogP contribution in [0.1, 0.15) is 45.9 Å². The molecule has 20 heavy (non-hydrogen) atoms. The Balaban J connectivity index is 2.03. The highest BCUT2D eigenvalue weighted by molar-refractivity contribution is 5.42. The molecule has 1 aliphatic carbocycles. The molecule has 0 heterocycles. The molecule has 2 aromatic carbocycles. The summed E-state index contributed by atoms with van der Waals surface area (Å²) in [5.41, 5.74) is 5.53. The Morgan fingerprint density at radius 3 is 2.55 bits per heavy atom. The van der Waals surface area contributed by atoms with Gasteiger partial charge in [-0.25, -0.2) is 4.39 Å². The summed E-state index contributed by atoms with van der Waals surface area (Å²) in [4.78, 5) is 0. The third-order valence-electron chi connectivity index (χ3n) is 4.19. The van der Waals surface area contributed by atoms with E-state index in [1.54, 1.807) is 0 Å². The molecule has 1 aliphatic rings. The van der Waals surface area contributed by atoms with Gasteiger partial charge in [0.1, 0.15) is 11.9 Å². The van der Waals surface area contributed by atoms with Crippen LogP contribution in [-0.2, 0) is 12.8 Å². The van der Waals surface area contributed by atoms with Crippen LogP contribution in [0.5, 0.6) is 0 Å². The van der Waals surface area contributed by atoms with E-state index in [4.69, 9.17) is 0 Å². The molecule has 0 saturated heterocycles. The van der Waals surface area contributed by atoms with Crippen LogP contribution in [0, 0.1) is 19.7 Å². The summed E-state index contributed by atoms with van der Waals surface area (Å²) in [6, 6.07) is 9.43. The molecule has 0 saturated carbocycles. The van der Waals surface area contributed by atoms with E-state index < -0.39 is 6.10 Å². The Kier molecular flexibility index (Phi) is 3.35. The summed E-state index contributed by atoms with van der Waals surface area (Å²) in [6.07, 6.45) is 2.46. The normalized spacial score (nSPS) is 15.2. The molecule has 0 amide bonds. The van der Waals surface area contributed by atoms with E-state index in [0.717, 1.165) is 29.5 Å². The van der Waals surface area contributed by atoms with Gasteiger partial charge in [-0.05, 0) is 67.0 Å². The molecule has 1 nitrogen and oxygen atoms in total. The fourth-order valence-corrected chi connectivity index (χ4v) is 3.20. The zero-order valence-corrected chi connectivity index (χ0v) is 11.9. The fraction of sp³-hybridized carbons (Fsp3) is 0.333. The van der Waals surface area contributed by atoms with Gasteiger partial charge in [0.15, 0.2) is 0 Å². The average Bonchev–Trinajstić information content (AvgIpc) is 2.84. The zero-order chi connectivity index (χ0) is 14.3. The lowest BCUT2D eigenvalue weighted by Crippen LogP contribution is -2.06. The van der Waals surface area contributed by atoms with E-state index in [0.29, 0.717) is 5.56 Å². The highest BCUT2D eigenvalue weighted by atomic mass is 19.1. The molecule has 3 rings (SSSR count). The van der Waals surface area contributed by atoms with E-state index in [-0.39, 0.29) is 5.82 Å². The van der Waals surface area contributed by atoms with E-state index >= 15 is 0 Å². The third kappa shape index (κ3) is 2.25. The van der Waals surface area contributed by atoms with Gasteiger partial charge in [0.25, 0.3) is 0 Å². The molecule has 0 fully saturated rings. The molecule has 2 heteroatoms. The van der Waals surface area contributed by atoms with Crippen LogP contribution in [-0.4, -0.2) is 5.11 Å². The second-order valence-corrected chi connectivity index (χ2v) is 5.76. The number of aryl methyl sites for hydroxylation is 4. The van der Waals surface area contributed by atoms with Crippen molar-refractivity contribution < 1.29 is 9.50 Å². The Morgan fingerprint density at radius 1 is 1.05 bits per heavy atom. The first-order chi connectivity index (χ1) is 9.56. The molecule has 0 radical (unpaired) electrons. The molecule has 1 unspecified atom stereocenters. The number of hydrogen-bond acceptors (Lipinski definition) is 1. The van der Waals surface area contributed by atoms with Crippen LogP contribution in [0.2, 0.25) is 0 Å². The van der Waals surface area contributed by atoms with Gasteiger partial charge in [-0.1, -0.05) is 24.3 Å². The van der Waals surface area contributed by atoms with Crippen molar-refractivity contribution in [3.8, 4) is 0 Å². The summed E-state index contributed by atoms with van der Waals surface area (Å²) in [5.74, 6) is -0.324. The van der Waals surface area contributed by atoms with Crippen LogP contribution in [0.3, 0.4) is 0 Å². The van der Waals surface area contributed by atoms with Crippen molar-refractivity contribution in [1.82, 2.24) is 0 Å². The van der Waals surface area contributed by atoms with Crippen molar-refractivity contribution in [3.05, 3.63) is 69.5 Å². The second-order valence-electron chi connectivity index (χ2n) is 5.76. The Bertz CT molecular complexity index is 637. The van der Waals surface area contributed by atoms with Crippen molar-refractivity contribution in [1.29, 1.82) is 0 Å². The van der Waals surface area contributed by atoms with Crippen LogP contribution < -0.4 is 0 Å². The van der Waals surface area contributed by atoms with Crippen LogP contribution in [0.15, 0.2) is 30.3 Å². The summed E-state index contributed by atoms with van der Waals surface area (Å²) >= 11 is 0. The Hall–Kier alpha value is -1.67. The minimum absolute atomic E-state index is 0.324. The fourth-order valence-electron chi connectivity index (χ4n) is 3.20. The van der Waals surface area contributed by atoms with E-state index in [1.807, 2.05) is 32.0 Å². The number of halogens is 1. The molecular weight excluding hydrogens is 251 g/mol. The van der Waals surface area contributed by atoms with E-state index in [1.165, 1.54) is 23.6 Å². The maximum absolute atomic E-state index is 14.2. The van der Waals surface area contributed by atoms with E-state index in [2.05, 4.69) is 6.07 Å². The zero-order valence-electron chi connectivity index (χ0n) is 11.9.